The Labute approximate surface area is 140 Å². The number of hydrogen-bond acceptors (Lipinski definition) is 6. The highest BCUT2D eigenvalue weighted by Gasteiger charge is 2.17. The average molecular weight is 358 g/mol. The quantitative estimate of drug-likeness (QED) is 0.509. The standard InChI is InChI=1S/C13H18N4O4S2/c1-3-9(16-10(18)6-14)5-4-8(2)23(21)17-12-11(13(19)20)15-7-22-12/h3-5,7-8,17H,6,14H2,1-2H3,(H,16,18)(H,19,20)/b5-4-,9-3+. The average Bonchev–Trinajstić information content (AvgIpc) is 2.98. The third-order valence-electron chi connectivity index (χ3n) is 2.63. The summed E-state index contributed by atoms with van der Waals surface area (Å²) in [5.41, 5.74) is 6.96. The number of hydrogen-bond donors (Lipinski definition) is 4. The highest BCUT2D eigenvalue weighted by atomic mass is 32.2. The van der Waals surface area contributed by atoms with Gasteiger partial charge in [0.15, 0.2) is 5.69 Å². The summed E-state index contributed by atoms with van der Waals surface area (Å²) in [6.45, 7) is 3.31. The molecule has 0 saturated carbocycles. The molecule has 0 spiro atoms. The Morgan fingerprint density at radius 1 is 1.57 bits per heavy atom. The first-order valence-electron chi connectivity index (χ1n) is 6.57. The molecule has 8 nitrogen and oxygen atoms in total. The van der Waals surface area contributed by atoms with Gasteiger partial charge in [0.2, 0.25) is 5.91 Å². The van der Waals surface area contributed by atoms with Gasteiger partial charge in [0.1, 0.15) is 16.0 Å². The molecule has 1 amide bonds. The number of carbonyl (C=O) groups excluding carboxylic acids is 1. The van der Waals surface area contributed by atoms with Gasteiger partial charge >= 0.3 is 5.97 Å². The Morgan fingerprint density at radius 2 is 2.26 bits per heavy atom. The predicted molar refractivity (Wildman–Crippen MR) is 90.4 cm³/mol. The van der Waals surface area contributed by atoms with Crippen LogP contribution >= 0.6 is 11.3 Å². The first kappa shape index (κ1) is 19.0. The topological polar surface area (TPSA) is 134 Å². The number of allylic oxidation sites excluding steroid dienone is 2. The molecule has 2 atom stereocenters. The van der Waals surface area contributed by atoms with Crippen molar-refractivity contribution >= 4 is 39.2 Å². The molecule has 126 valence electrons. The van der Waals surface area contributed by atoms with E-state index in [4.69, 9.17) is 10.8 Å². The van der Waals surface area contributed by atoms with E-state index in [1.165, 1.54) is 5.51 Å². The lowest BCUT2D eigenvalue weighted by Crippen LogP contribution is -2.29. The lowest BCUT2D eigenvalue weighted by molar-refractivity contribution is -0.118. The molecule has 0 aliphatic rings. The number of anilines is 1. The van der Waals surface area contributed by atoms with Gasteiger partial charge in [-0.1, -0.05) is 12.2 Å². The summed E-state index contributed by atoms with van der Waals surface area (Å²) in [6.07, 6.45) is 4.93. The number of nitrogens with one attached hydrogen (secondary N) is 2. The van der Waals surface area contributed by atoms with Gasteiger partial charge in [-0.25, -0.2) is 14.0 Å². The second-order valence-electron chi connectivity index (χ2n) is 4.30. The van der Waals surface area contributed by atoms with Crippen molar-refractivity contribution in [2.75, 3.05) is 11.3 Å². The van der Waals surface area contributed by atoms with Crippen molar-refractivity contribution in [2.24, 2.45) is 5.73 Å². The number of carboxylic acids is 1. The summed E-state index contributed by atoms with van der Waals surface area (Å²) < 4.78 is 14.8. The van der Waals surface area contributed by atoms with Crippen LogP contribution in [0, 0.1) is 0 Å². The maximum absolute atomic E-state index is 12.2. The van der Waals surface area contributed by atoms with Crippen LogP contribution in [-0.4, -0.2) is 38.0 Å². The Balaban J connectivity index is 2.69. The van der Waals surface area contributed by atoms with E-state index in [-0.39, 0.29) is 23.1 Å². The number of amides is 1. The van der Waals surface area contributed by atoms with E-state index in [0.29, 0.717) is 5.70 Å². The van der Waals surface area contributed by atoms with Crippen LogP contribution in [0.2, 0.25) is 0 Å². The zero-order valence-electron chi connectivity index (χ0n) is 12.6. The van der Waals surface area contributed by atoms with Crippen molar-refractivity contribution < 1.29 is 18.9 Å². The van der Waals surface area contributed by atoms with Crippen molar-refractivity contribution in [2.45, 2.75) is 19.1 Å². The number of nitrogens with two attached hydrogens (primary N) is 1. The zero-order chi connectivity index (χ0) is 17.4. The van der Waals surface area contributed by atoms with Gasteiger partial charge in [-0.3, -0.25) is 9.52 Å². The minimum Gasteiger partial charge on any atom is -0.476 e. The van der Waals surface area contributed by atoms with Crippen LogP contribution in [0.15, 0.2) is 29.4 Å². The number of carboxylic acid groups (broad SMARTS) is 1. The normalized spacial score (nSPS) is 14.5. The van der Waals surface area contributed by atoms with Gasteiger partial charge in [-0.2, -0.15) is 0 Å². The second-order valence-corrected chi connectivity index (χ2v) is 6.69. The van der Waals surface area contributed by atoms with Crippen LogP contribution in [0.3, 0.4) is 0 Å². The van der Waals surface area contributed by atoms with Crippen molar-refractivity contribution in [1.29, 1.82) is 0 Å². The van der Waals surface area contributed by atoms with E-state index < -0.39 is 22.2 Å². The third kappa shape index (κ3) is 5.93. The van der Waals surface area contributed by atoms with Gasteiger partial charge in [0.05, 0.1) is 17.3 Å². The number of aromatic nitrogens is 1. The molecular formula is C13H18N4O4S2. The van der Waals surface area contributed by atoms with Gasteiger partial charge in [0.25, 0.3) is 0 Å². The molecule has 0 aromatic carbocycles. The molecule has 23 heavy (non-hydrogen) atoms. The van der Waals surface area contributed by atoms with E-state index >= 15 is 0 Å². The summed E-state index contributed by atoms with van der Waals surface area (Å²) in [5, 5.41) is 11.3. The summed E-state index contributed by atoms with van der Waals surface area (Å²) in [4.78, 5) is 25.9. The summed E-state index contributed by atoms with van der Waals surface area (Å²) in [6, 6.07) is 0. The van der Waals surface area contributed by atoms with Gasteiger partial charge < -0.3 is 16.2 Å². The fraction of sp³-hybridized carbons (Fsp3) is 0.308. The third-order valence-corrected chi connectivity index (χ3v) is 4.74. The van der Waals surface area contributed by atoms with Gasteiger partial charge in [-0.05, 0) is 19.9 Å². The monoisotopic (exact) mass is 358 g/mol. The smallest absolute Gasteiger partial charge is 0.357 e. The van der Waals surface area contributed by atoms with Crippen LogP contribution in [-0.2, 0) is 15.8 Å². The highest BCUT2D eigenvalue weighted by Crippen LogP contribution is 2.21. The summed E-state index contributed by atoms with van der Waals surface area (Å²) in [5.74, 6) is -1.51. The molecule has 10 heteroatoms. The van der Waals surface area contributed by atoms with Crippen molar-refractivity contribution in [1.82, 2.24) is 10.3 Å². The number of aromatic carboxylic acids is 1. The van der Waals surface area contributed by atoms with Crippen LogP contribution in [0.1, 0.15) is 24.3 Å². The fourth-order valence-corrected chi connectivity index (χ4v) is 3.03. The zero-order valence-corrected chi connectivity index (χ0v) is 14.2. The predicted octanol–water partition coefficient (Wildman–Crippen LogP) is 0.840. The van der Waals surface area contributed by atoms with E-state index in [1.807, 2.05) is 0 Å². The van der Waals surface area contributed by atoms with Crippen LogP contribution in [0.25, 0.3) is 0 Å². The molecule has 0 fully saturated rings. The number of rotatable bonds is 8. The van der Waals surface area contributed by atoms with Crippen molar-refractivity contribution in [3.8, 4) is 0 Å². The molecule has 1 rings (SSSR count). The molecule has 1 aromatic rings. The minimum atomic E-state index is -1.55. The van der Waals surface area contributed by atoms with Gasteiger partial charge in [0, 0.05) is 5.70 Å². The van der Waals surface area contributed by atoms with Crippen LogP contribution < -0.4 is 15.8 Å². The molecule has 0 aliphatic heterocycles. The molecule has 1 heterocycles. The molecule has 5 N–H and O–H groups in total. The molecular weight excluding hydrogens is 340 g/mol. The maximum atomic E-state index is 12.2. The molecule has 0 radical (unpaired) electrons. The molecule has 1 aromatic heterocycles. The molecule has 0 bridgehead atoms. The van der Waals surface area contributed by atoms with E-state index in [2.05, 4.69) is 15.0 Å². The lowest BCUT2D eigenvalue weighted by Gasteiger charge is -2.09. The van der Waals surface area contributed by atoms with E-state index in [9.17, 15) is 13.8 Å². The Bertz CT molecular complexity index is 654. The van der Waals surface area contributed by atoms with Crippen molar-refractivity contribution in [3.05, 3.63) is 35.1 Å². The fourth-order valence-electron chi connectivity index (χ4n) is 1.39. The Morgan fingerprint density at radius 3 is 2.83 bits per heavy atom. The number of thiazole rings is 1. The molecule has 0 saturated heterocycles. The first-order chi connectivity index (χ1) is 10.9. The summed E-state index contributed by atoms with van der Waals surface area (Å²) >= 11 is 1.06. The summed E-state index contributed by atoms with van der Waals surface area (Å²) in [7, 11) is -1.55. The lowest BCUT2D eigenvalue weighted by atomic mass is 10.3. The van der Waals surface area contributed by atoms with E-state index in [1.54, 1.807) is 32.1 Å². The van der Waals surface area contributed by atoms with Crippen LogP contribution in [0.4, 0.5) is 5.00 Å². The number of carbonyl (C=O) groups is 2. The second kappa shape index (κ2) is 9.18. The SMILES string of the molecule is C/C=C(\C=C/C(C)S(=O)Nc1scnc1C(=O)O)NC(=O)CN. The van der Waals surface area contributed by atoms with Crippen molar-refractivity contribution in [3.63, 3.8) is 0 Å². The number of nitrogens with zero attached hydrogens (tertiary/aromatic N) is 1. The van der Waals surface area contributed by atoms with Gasteiger partial charge in [-0.15, -0.1) is 11.3 Å². The largest absolute Gasteiger partial charge is 0.476 e. The molecule has 0 aliphatic carbocycles. The first-order valence-corrected chi connectivity index (χ1v) is 8.66. The van der Waals surface area contributed by atoms with E-state index in [0.717, 1.165) is 11.3 Å². The minimum absolute atomic E-state index is 0.127. The molecule has 2 unspecified atom stereocenters. The Kier molecular flexibility index (Phi) is 7.59. The highest BCUT2D eigenvalue weighted by molar-refractivity contribution is 7.87. The maximum Gasteiger partial charge on any atom is 0.357 e. The Hall–Kier alpha value is -2.04. The van der Waals surface area contributed by atoms with Crippen LogP contribution in [0.5, 0.6) is 0 Å².